The maximum Gasteiger partial charge on any atom is 0.411 e. The highest BCUT2D eigenvalue weighted by Crippen LogP contribution is 2.24. The number of carbonyl (C=O) groups is 2. The third kappa shape index (κ3) is 5.04. The fourth-order valence-corrected chi connectivity index (χ4v) is 3.96. The van der Waals surface area contributed by atoms with Crippen molar-refractivity contribution in [1.29, 1.82) is 0 Å². The highest BCUT2D eigenvalue weighted by Gasteiger charge is 2.35. The van der Waals surface area contributed by atoms with Gasteiger partial charge in [0.25, 0.3) is 0 Å². The largest absolute Gasteiger partial charge is 0.445 e. The second-order valence-corrected chi connectivity index (χ2v) is 7.79. The monoisotopic (exact) mass is 384 g/mol. The molecule has 1 fully saturated rings. The highest BCUT2D eigenvalue weighted by atomic mass is 32.2. The molecule has 0 saturated carbocycles. The second kappa shape index (κ2) is 8.95. The second-order valence-electron chi connectivity index (χ2n) is 6.79. The Bertz CT molecular complexity index is 778. The summed E-state index contributed by atoms with van der Waals surface area (Å²) in [5, 5.41) is 2.91. The van der Waals surface area contributed by atoms with Gasteiger partial charge < -0.3 is 10.1 Å². The van der Waals surface area contributed by atoms with Crippen molar-refractivity contribution in [1.82, 2.24) is 4.90 Å². The number of anilines is 1. The maximum absolute atomic E-state index is 12.6. The fraction of sp³-hybridized carbons (Fsp3) is 0.333. The summed E-state index contributed by atoms with van der Waals surface area (Å²) in [6.07, 6.45) is -0.459. The molecule has 0 aliphatic carbocycles. The minimum absolute atomic E-state index is 0.186. The summed E-state index contributed by atoms with van der Waals surface area (Å²) in [6, 6.07) is 16.8. The van der Waals surface area contributed by atoms with Crippen molar-refractivity contribution in [2.75, 3.05) is 16.9 Å². The van der Waals surface area contributed by atoms with Gasteiger partial charge in [0.05, 0.1) is 5.88 Å². The number of amides is 2. The lowest BCUT2D eigenvalue weighted by atomic mass is 10.0. The van der Waals surface area contributed by atoms with Gasteiger partial charge >= 0.3 is 6.09 Å². The molecular formula is C21H24N2O3S. The van der Waals surface area contributed by atoms with Crippen molar-refractivity contribution in [2.24, 2.45) is 0 Å². The lowest BCUT2D eigenvalue weighted by molar-refractivity contribution is -0.119. The van der Waals surface area contributed by atoms with Crippen molar-refractivity contribution < 1.29 is 14.3 Å². The Kier molecular flexibility index (Phi) is 6.40. The standard InChI is InChI=1S/C21H24N2O3S/c1-15(2)17-8-10-18(11-9-17)22-20(24)19-13-27-14-23(19)21(25)26-12-16-6-4-3-5-7-16/h3-11,15,19H,12-14H2,1-2H3,(H,22,24)/t19-/m0/s1. The van der Waals surface area contributed by atoms with Crippen LogP contribution in [0.1, 0.15) is 30.9 Å². The first-order valence-electron chi connectivity index (χ1n) is 9.00. The van der Waals surface area contributed by atoms with E-state index in [0.29, 0.717) is 17.5 Å². The Labute approximate surface area is 164 Å². The van der Waals surface area contributed by atoms with Crippen LogP contribution < -0.4 is 5.32 Å². The van der Waals surface area contributed by atoms with E-state index in [-0.39, 0.29) is 12.5 Å². The molecule has 0 aromatic heterocycles. The minimum atomic E-state index is -0.525. The molecule has 1 N–H and O–H groups in total. The van der Waals surface area contributed by atoms with Gasteiger partial charge in [-0.05, 0) is 29.2 Å². The lowest BCUT2D eigenvalue weighted by Gasteiger charge is -2.22. The van der Waals surface area contributed by atoms with E-state index in [0.717, 1.165) is 11.3 Å². The van der Waals surface area contributed by atoms with E-state index < -0.39 is 12.1 Å². The SMILES string of the molecule is CC(C)c1ccc(NC(=O)[C@@H]2CSCN2C(=O)OCc2ccccc2)cc1. The number of thioether (sulfide) groups is 1. The molecule has 142 valence electrons. The van der Waals surface area contributed by atoms with Gasteiger partial charge in [-0.25, -0.2) is 4.79 Å². The number of hydrogen-bond acceptors (Lipinski definition) is 4. The van der Waals surface area contributed by atoms with Crippen molar-refractivity contribution in [3.8, 4) is 0 Å². The van der Waals surface area contributed by atoms with Crippen LogP contribution in [-0.4, -0.2) is 34.6 Å². The molecule has 0 spiro atoms. The van der Waals surface area contributed by atoms with Gasteiger partial charge in [-0.15, -0.1) is 11.8 Å². The van der Waals surface area contributed by atoms with E-state index >= 15 is 0 Å². The maximum atomic E-state index is 12.6. The quantitative estimate of drug-likeness (QED) is 0.827. The van der Waals surface area contributed by atoms with Crippen LogP contribution in [-0.2, 0) is 16.1 Å². The number of nitrogens with one attached hydrogen (secondary N) is 1. The molecule has 27 heavy (non-hydrogen) atoms. The zero-order chi connectivity index (χ0) is 19.2. The zero-order valence-corrected chi connectivity index (χ0v) is 16.4. The van der Waals surface area contributed by atoms with Crippen LogP contribution in [0.15, 0.2) is 54.6 Å². The topological polar surface area (TPSA) is 58.6 Å². The van der Waals surface area contributed by atoms with Gasteiger partial charge in [0, 0.05) is 11.4 Å². The van der Waals surface area contributed by atoms with E-state index in [1.165, 1.54) is 10.5 Å². The summed E-state index contributed by atoms with van der Waals surface area (Å²) in [7, 11) is 0. The molecule has 2 amide bonds. The molecular weight excluding hydrogens is 360 g/mol. The number of nitrogens with zero attached hydrogens (tertiary/aromatic N) is 1. The first kappa shape index (κ1) is 19.3. The number of benzene rings is 2. The van der Waals surface area contributed by atoms with Crippen molar-refractivity contribution in [2.45, 2.75) is 32.4 Å². The minimum Gasteiger partial charge on any atom is -0.445 e. The van der Waals surface area contributed by atoms with E-state index in [1.807, 2.05) is 54.6 Å². The van der Waals surface area contributed by atoms with Gasteiger partial charge in [-0.1, -0.05) is 56.3 Å². The van der Waals surface area contributed by atoms with Crippen LogP contribution in [0.25, 0.3) is 0 Å². The summed E-state index contributed by atoms with van der Waals surface area (Å²) in [4.78, 5) is 26.6. The number of ether oxygens (including phenoxy) is 1. The average Bonchev–Trinajstić information content (AvgIpc) is 3.17. The Morgan fingerprint density at radius 3 is 2.52 bits per heavy atom. The van der Waals surface area contributed by atoms with Gasteiger partial charge in [0.1, 0.15) is 12.6 Å². The fourth-order valence-electron chi connectivity index (χ4n) is 2.82. The number of rotatable bonds is 5. The summed E-state index contributed by atoms with van der Waals surface area (Å²) >= 11 is 1.55. The van der Waals surface area contributed by atoms with Crippen LogP contribution in [0, 0.1) is 0 Å². The predicted molar refractivity (Wildman–Crippen MR) is 109 cm³/mol. The molecule has 0 bridgehead atoms. The summed E-state index contributed by atoms with van der Waals surface area (Å²) in [6.45, 7) is 4.45. The normalized spacial score (nSPS) is 16.4. The predicted octanol–water partition coefficient (Wildman–Crippen LogP) is 4.46. The Morgan fingerprint density at radius 1 is 1.15 bits per heavy atom. The van der Waals surface area contributed by atoms with Gasteiger partial charge in [0.15, 0.2) is 0 Å². The molecule has 1 atom stereocenters. The summed E-state index contributed by atoms with van der Waals surface area (Å²) in [5.41, 5.74) is 2.87. The van der Waals surface area contributed by atoms with Crippen LogP contribution in [0.3, 0.4) is 0 Å². The number of hydrogen-bond donors (Lipinski definition) is 1. The van der Waals surface area contributed by atoms with Crippen LogP contribution in [0.5, 0.6) is 0 Å². The van der Waals surface area contributed by atoms with Crippen LogP contribution >= 0.6 is 11.8 Å². The summed E-state index contributed by atoms with van der Waals surface area (Å²) < 4.78 is 5.38. The van der Waals surface area contributed by atoms with Crippen molar-refractivity contribution in [3.05, 3.63) is 65.7 Å². The molecule has 6 heteroatoms. The first-order chi connectivity index (χ1) is 13.0. The molecule has 5 nitrogen and oxygen atoms in total. The average molecular weight is 385 g/mol. The van der Waals surface area contributed by atoms with E-state index in [9.17, 15) is 9.59 Å². The highest BCUT2D eigenvalue weighted by molar-refractivity contribution is 7.99. The Morgan fingerprint density at radius 2 is 1.85 bits per heavy atom. The molecule has 2 aromatic carbocycles. The van der Waals surface area contributed by atoms with Gasteiger partial charge in [-0.2, -0.15) is 0 Å². The lowest BCUT2D eigenvalue weighted by Crippen LogP contribution is -2.44. The van der Waals surface area contributed by atoms with Crippen molar-refractivity contribution in [3.63, 3.8) is 0 Å². The van der Waals surface area contributed by atoms with Crippen LogP contribution in [0.2, 0.25) is 0 Å². The number of carbonyl (C=O) groups excluding carboxylic acids is 2. The third-order valence-corrected chi connectivity index (χ3v) is 5.48. The molecule has 3 rings (SSSR count). The first-order valence-corrected chi connectivity index (χ1v) is 10.2. The summed E-state index contributed by atoms with van der Waals surface area (Å²) in [5.74, 6) is 1.28. The Hall–Kier alpha value is -2.47. The van der Waals surface area contributed by atoms with Crippen LogP contribution in [0.4, 0.5) is 10.5 Å². The molecule has 2 aromatic rings. The van der Waals surface area contributed by atoms with E-state index in [4.69, 9.17) is 4.74 Å². The molecule has 1 aliphatic rings. The van der Waals surface area contributed by atoms with E-state index in [1.54, 1.807) is 11.8 Å². The molecule has 1 saturated heterocycles. The Balaban J connectivity index is 1.57. The van der Waals surface area contributed by atoms with Crippen molar-refractivity contribution >= 4 is 29.4 Å². The van der Waals surface area contributed by atoms with Gasteiger partial charge in [0.2, 0.25) is 5.91 Å². The van der Waals surface area contributed by atoms with Gasteiger partial charge in [-0.3, -0.25) is 9.69 Å². The molecule has 1 heterocycles. The third-order valence-electron chi connectivity index (χ3n) is 4.47. The molecule has 0 radical (unpaired) electrons. The smallest absolute Gasteiger partial charge is 0.411 e. The molecule has 0 unspecified atom stereocenters. The zero-order valence-electron chi connectivity index (χ0n) is 15.6. The molecule has 1 aliphatic heterocycles. The van der Waals surface area contributed by atoms with E-state index in [2.05, 4.69) is 19.2 Å².